The number of aliphatic hydroxyl groups is 1. The zero-order valence-corrected chi connectivity index (χ0v) is 25.3. The summed E-state index contributed by atoms with van der Waals surface area (Å²) in [6, 6.07) is 0. The molecule has 5 atom stereocenters. The molecule has 0 saturated carbocycles. The van der Waals surface area contributed by atoms with Gasteiger partial charge < -0.3 is 5.11 Å². The molecule has 1 N–H and O–H groups in total. The highest BCUT2D eigenvalue weighted by Crippen LogP contribution is 2.42. The maximum atomic E-state index is 12.7. The van der Waals surface area contributed by atoms with Crippen LogP contribution in [0.5, 0.6) is 0 Å². The fourth-order valence-corrected chi connectivity index (χ4v) is 5.98. The van der Waals surface area contributed by atoms with Crippen LogP contribution in [-0.2, 0) is 9.59 Å². The molecule has 210 valence electrons. The molecule has 0 aromatic heterocycles. The van der Waals surface area contributed by atoms with Crippen LogP contribution in [0.15, 0.2) is 11.1 Å². The number of hydrogen-bond acceptors (Lipinski definition) is 3. The first kappa shape index (κ1) is 33.1. The lowest BCUT2D eigenvalue weighted by molar-refractivity contribution is -0.124. The predicted octanol–water partition coefficient (Wildman–Crippen LogP) is 9.26. The molecule has 0 aliphatic heterocycles. The maximum absolute atomic E-state index is 12.7. The SMILES string of the molecule is CCCCC(C)C(O)CCC(C)CCC(=O)C(C)CCC(=O)C(C)CCCC1=C(C)CCCC1(C)C. The monoisotopic (exact) mass is 504 g/mol. The van der Waals surface area contributed by atoms with Gasteiger partial charge in [-0.2, -0.15) is 0 Å². The van der Waals surface area contributed by atoms with E-state index in [4.69, 9.17) is 0 Å². The second-order valence-electron chi connectivity index (χ2n) is 13.1. The first-order valence-corrected chi connectivity index (χ1v) is 15.3. The molecular weight excluding hydrogens is 444 g/mol. The molecule has 0 spiro atoms. The highest BCUT2D eigenvalue weighted by molar-refractivity contribution is 5.83. The summed E-state index contributed by atoms with van der Waals surface area (Å²) in [5, 5.41) is 10.4. The summed E-state index contributed by atoms with van der Waals surface area (Å²) in [6.07, 6.45) is 14.7. The van der Waals surface area contributed by atoms with E-state index in [0.717, 1.165) is 44.9 Å². The third-order valence-electron chi connectivity index (χ3n) is 9.18. The Morgan fingerprint density at radius 3 is 2.08 bits per heavy atom. The van der Waals surface area contributed by atoms with Gasteiger partial charge in [0.15, 0.2) is 0 Å². The lowest BCUT2D eigenvalue weighted by Gasteiger charge is -2.35. The molecule has 3 nitrogen and oxygen atoms in total. The van der Waals surface area contributed by atoms with Crippen LogP contribution in [-0.4, -0.2) is 22.8 Å². The van der Waals surface area contributed by atoms with Gasteiger partial charge in [0.25, 0.3) is 0 Å². The second kappa shape index (κ2) is 16.8. The largest absolute Gasteiger partial charge is 0.393 e. The number of hydrogen-bond donors (Lipinski definition) is 1. The molecule has 0 aromatic carbocycles. The van der Waals surface area contributed by atoms with Crippen molar-refractivity contribution in [2.24, 2.45) is 29.1 Å². The molecule has 0 amide bonds. The van der Waals surface area contributed by atoms with Crippen LogP contribution in [0.3, 0.4) is 0 Å². The van der Waals surface area contributed by atoms with Gasteiger partial charge in [0.1, 0.15) is 11.6 Å². The molecule has 0 heterocycles. The summed E-state index contributed by atoms with van der Waals surface area (Å²) in [6.45, 7) is 17.6. The Bertz CT molecular complexity index is 689. The number of carbonyl (C=O) groups is 2. The van der Waals surface area contributed by atoms with Crippen molar-refractivity contribution in [3.05, 3.63) is 11.1 Å². The quantitative estimate of drug-likeness (QED) is 0.178. The van der Waals surface area contributed by atoms with Gasteiger partial charge in [0.2, 0.25) is 0 Å². The first-order valence-electron chi connectivity index (χ1n) is 15.3. The molecule has 1 aliphatic rings. The Hall–Kier alpha value is -0.960. The van der Waals surface area contributed by atoms with Crippen LogP contribution in [0, 0.1) is 29.1 Å². The first-order chi connectivity index (χ1) is 16.9. The van der Waals surface area contributed by atoms with Gasteiger partial charge in [0, 0.05) is 24.7 Å². The van der Waals surface area contributed by atoms with Gasteiger partial charge >= 0.3 is 0 Å². The van der Waals surface area contributed by atoms with Crippen molar-refractivity contribution in [3.8, 4) is 0 Å². The molecule has 0 radical (unpaired) electrons. The third kappa shape index (κ3) is 12.1. The van der Waals surface area contributed by atoms with Gasteiger partial charge in [0.05, 0.1) is 6.10 Å². The standard InChI is InChI=1S/C33H60O3/c1-9-10-13-26(4)30(34)20-17-24(2)18-21-31(35)28(6)19-22-32(36)27(5)14-11-16-29-25(3)15-12-23-33(29,7)8/h24,26-28,30,34H,9-23H2,1-8H3. The minimum Gasteiger partial charge on any atom is -0.393 e. The fraction of sp³-hybridized carbons (Fsp3) is 0.879. The number of allylic oxidation sites excluding steroid dienone is 2. The van der Waals surface area contributed by atoms with Crippen molar-refractivity contribution in [1.82, 2.24) is 0 Å². The smallest absolute Gasteiger partial charge is 0.135 e. The molecule has 0 bridgehead atoms. The summed E-state index contributed by atoms with van der Waals surface area (Å²) in [7, 11) is 0. The predicted molar refractivity (Wildman–Crippen MR) is 154 cm³/mol. The zero-order chi connectivity index (χ0) is 27.3. The van der Waals surface area contributed by atoms with Crippen molar-refractivity contribution in [3.63, 3.8) is 0 Å². The van der Waals surface area contributed by atoms with Gasteiger partial charge in [-0.05, 0) is 94.8 Å². The van der Waals surface area contributed by atoms with Crippen molar-refractivity contribution in [2.45, 2.75) is 158 Å². The van der Waals surface area contributed by atoms with Gasteiger partial charge in [-0.1, -0.05) is 72.5 Å². The van der Waals surface area contributed by atoms with Gasteiger partial charge in [-0.25, -0.2) is 0 Å². The van der Waals surface area contributed by atoms with E-state index < -0.39 is 0 Å². The summed E-state index contributed by atoms with van der Waals surface area (Å²) in [4.78, 5) is 25.4. The average Bonchev–Trinajstić information content (AvgIpc) is 2.83. The summed E-state index contributed by atoms with van der Waals surface area (Å²) < 4.78 is 0. The highest BCUT2D eigenvalue weighted by Gasteiger charge is 2.28. The summed E-state index contributed by atoms with van der Waals surface area (Å²) in [5.74, 6) is 1.47. The lowest BCUT2D eigenvalue weighted by Crippen LogP contribution is -2.21. The van der Waals surface area contributed by atoms with E-state index in [9.17, 15) is 14.7 Å². The lowest BCUT2D eigenvalue weighted by atomic mass is 9.71. The van der Waals surface area contributed by atoms with E-state index in [1.165, 1.54) is 32.1 Å². The number of carbonyl (C=O) groups excluding carboxylic acids is 2. The molecular formula is C33H60O3. The number of rotatable bonds is 19. The number of ketones is 2. The molecule has 3 heteroatoms. The molecule has 0 saturated heterocycles. The average molecular weight is 505 g/mol. The molecule has 1 aliphatic carbocycles. The fourth-order valence-electron chi connectivity index (χ4n) is 5.98. The molecule has 0 fully saturated rings. The van der Waals surface area contributed by atoms with Crippen LogP contribution in [0.25, 0.3) is 0 Å². The maximum Gasteiger partial charge on any atom is 0.135 e. The Balaban J connectivity index is 2.28. The molecule has 36 heavy (non-hydrogen) atoms. The van der Waals surface area contributed by atoms with Gasteiger partial charge in [-0.15, -0.1) is 0 Å². The third-order valence-corrected chi connectivity index (χ3v) is 9.18. The van der Waals surface area contributed by atoms with Crippen LogP contribution >= 0.6 is 0 Å². The molecule has 0 aromatic rings. The normalized spacial score (nSPS) is 20.0. The summed E-state index contributed by atoms with van der Waals surface area (Å²) in [5.41, 5.74) is 3.52. The van der Waals surface area contributed by atoms with Crippen LogP contribution in [0.4, 0.5) is 0 Å². The van der Waals surface area contributed by atoms with Gasteiger partial charge in [-0.3, -0.25) is 9.59 Å². The Kier molecular flexibility index (Phi) is 15.4. The summed E-state index contributed by atoms with van der Waals surface area (Å²) >= 11 is 0. The number of unbranched alkanes of at least 4 members (excludes halogenated alkanes) is 1. The number of Topliss-reactive ketones (excluding diaryl/α,β-unsaturated/α-hetero) is 2. The highest BCUT2D eigenvalue weighted by atomic mass is 16.3. The van der Waals surface area contributed by atoms with Crippen LogP contribution in [0.1, 0.15) is 152 Å². The minimum atomic E-state index is -0.225. The van der Waals surface area contributed by atoms with E-state index in [-0.39, 0.29) is 17.9 Å². The topological polar surface area (TPSA) is 54.4 Å². The second-order valence-corrected chi connectivity index (χ2v) is 13.1. The van der Waals surface area contributed by atoms with Crippen molar-refractivity contribution in [1.29, 1.82) is 0 Å². The van der Waals surface area contributed by atoms with Crippen LogP contribution < -0.4 is 0 Å². The Morgan fingerprint density at radius 1 is 0.861 bits per heavy atom. The van der Waals surface area contributed by atoms with E-state index in [1.54, 1.807) is 11.1 Å². The number of aliphatic hydroxyl groups excluding tert-OH is 1. The van der Waals surface area contributed by atoms with Crippen molar-refractivity contribution in [2.75, 3.05) is 0 Å². The Labute approximate surface area is 224 Å². The zero-order valence-electron chi connectivity index (χ0n) is 25.3. The molecule has 1 rings (SSSR count). The van der Waals surface area contributed by atoms with E-state index in [1.807, 2.05) is 6.92 Å². The van der Waals surface area contributed by atoms with Crippen LogP contribution in [0.2, 0.25) is 0 Å². The van der Waals surface area contributed by atoms with E-state index in [2.05, 4.69) is 48.5 Å². The van der Waals surface area contributed by atoms with Crippen molar-refractivity contribution >= 4 is 11.6 Å². The Morgan fingerprint density at radius 2 is 1.47 bits per heavy atom. The van der Waals surface area contributed by atoms with E-state index in [0.29, 0.717) is 48.1 Å². The van der Waals surface area contributed by atoms with E-state index >= 15 is 0 Å². The minimum absolute atomic E-state index is 0.0381. The van der Waals surface area contributed by atoms with Crippen molar-refractivity contribution < 1.29 is 14.7 Å². The molecule has 5 unspecified atom stereocenters.